The molecule has 1 aliphatic heterocycles. The van der Waals surface area contributed by atoms with Crippen molar-refractivity contribution >= 4 is 17.2 Å². The van der Waals surface area contributed by atoms with E-state index in [1.54, 1.807) is 0 Å². The van der Waals surface area contributed by atoms with Crippen LogP contribution in [0.25, 0.3) is 0 Å². The standard InChI is InChI=1S/C16H16N2O/c1-9-6-7-12-13(8-9)18-15-14(17-12)10-4-2-3-5-11(10)16(15)19/h2-5,9,12-13H,6-8H2,1H3. The number of benzene rings is 1. The number of aliphatic imine (C=N–C) groups is 2. The molecule has 0 N–H and O–H groups in total. The minimum atomic E-state index is 0.0611. The molecular weight excluding hydrogens is 236 g/mol. The minimum Gasteiger partial charge on any atom is -0.287 e. The van der Waals surface area contributed by atoms with Crippen LogP contribution >= 0.6 is 0 Å². The lowest BCUT2D eigenvalue weighted by Crippen LogP contribution is -2.37. The fraction of sp³-hybridized carbons (Fsp3) is 0.438. The number of nitrogens with zero attached hydrogens (tertiary/aromatic N) is 2. The highest BCUT2D eigenvalue weighted by Gasteiger charge is 2.39. The third-order valence-electron chi connectivity index (χ3n) is 4.50. The van der Waals surface area contributed by atoms with Gasteiger partial charge < -0.3 is 0 Å². The molecule has 0 saturated heterocycles. The number of carbonyl (C=O) groups excluding carboxylic acids is 1. The van der Waals surface area contributed by atoms with Gasteiger partial charge in [-0.25, -0.2) is 0 Å². The zero-order chi connectivity index (χ0) is 13.0. The van der Waals surface area contributed by atoms with E-state index in [0.29, 0.717) is 11.6 Å². The van der Waals surface area contributed by atoms with Crippen LogP contribution in [0.15, 0.2) is 34.3 Å². The molecule has 2 aliphatic carbocycles. The van der Waals surface area contributed by atoms with Crippen molar-refractivity contribution in [1.29, 1.82) is 0 Å². The summed E-state index contributed by atoms with van der Waals surface area (Å²) >= 11 is 0. The molecular formula is C16H16N2O. The second-order valence-electron chi connectivity index (χ2n) is 5.88. The van der Waals surface area contributed by atoms with Gasteiger partial charge in [0.05, 0.1) is 17.8 Å². The largest absolute Gasteiger partial charge is 0.287 e. The second kappa shape index (κ2) is 3.86. The zero-order valence-corrected chi connectivity index (χ0v) is 11.0. The molecule has 1 fully saturated rings. The average Bonchev–Trinajstić information content (AvgIpc) is 2.70. The molecule has 3 nitrogen and oxygen atoms in total. The van der Waals surface area contributed by atoms with Crippen molar-refractivity contribution < 1.29 is 4.79 Å². The van der Waals surface area contributed by atoms with Gasteiger partial charge in [-0.05, 0) is 25.2 Å². The molecule has 3 heteroatoms. The van der Waals surface area contributed by atoms with Crippen LogP contribution in [0.2, 0.25) is 0 Å². The molecule has 0 bridgehead atoms. The molecule has 0 aromatic heterocycles. The van der Waals surface area contributed by atoms with Crippen molar-refractivity contribution in [3.63, 3.8) is 0 Å². The summed E-state index contributed by atoms with van der Waals surface area (Å²) < 4.78 is 0. The van der Waals surface area contributed by atoms with Gasteiger partial charge in [-0.3, -0.25) is 14.8 Å². The van der Waals surface area contributed by atoms with Crippen molar-refractivity contribution in [1.82, 2.24) is 0 Å². The molecule has 0 spiro atoms. The van der Waals surface area contributed by atoms with Gasteiger partial charge in [-0.2, -0.15) is 0 Å². The summed E-state index contributed by atoms with van der Waals surface area (Å²) in [7, 11) is 0. The summed E-state index contributed by atoms with van der Waals surface area (Å²) in [5, 5.41) is 0. The van der Waals surface area contributed by atoms with Crippen LogP contribution in [0.5, 0.6) is 0 Å². The van der Waals surface area contributed by atoms with E-state index in [9.17, 15) is 4.79 Å². The Labute approximate surface area is 112 Å². The van der Waals surface area contributed by atoms with Crippen LogP contribution < -0.4 is 0 Å². The highest BCUT2D eigenvalue weighted by atomic mass is 16.1. The molecule has 0 radical (unpaired) electrons. The number of carbonyl (C=O) groups is 1. The first-order chi connectivity index (χ1) is 9.24. The topological polar surface area (TPSA) is 41.8 Å². The molecule has 3 unspecified atom stereocenters. The minimum absolute atomic E-state index is 0.0611. The number of rotatable bonds is 0. The monoisotopic (exact) mass is 252 g/mol. The Balaban J connectivity index is 1.83. The summed E-state index contributed by atoms with van der Waals surface area (Å²) in [5.74, 6) is 0.757. The smallest absolute Gasteiger partial charge is 0.213 e. The number of fused-ring (bicyclic) bond motifs is 4. The Morgan fingerprint density at radius 3 is 2.58 bits per heavy atom. The summed E-state index contributed by atoms with van der Waals surface area (Å²) in [4.78, 5) is 22.0. The maximum atomic E-state index is 12.4. The van der Waals surface area contributed by atoms with Crippen LogP contribution in [0, 0.1) is 5.92 Å². The first kappa shape index (κ1) is 11.1. The summed E-state index contributed by atoms with van der Waals surface area (Å²) in [6, 6.07) is 8.25. The Kier molecular flexibility index (Phi) is 2.25. The quantitative estimate of drug-likeness (QED) is 0.700. The average molecular weight is 252 g/mol. The van der Waals surface area contributed by atoms with Gasteiger partial charge in [0.2, 0.25) is 5.78 Å². The predicted molar refractivity (Wildman–Crippen MR) is 75.3 cm³/mol. The van der Waals surface area contributed by atoms with Gasteiger partial charge in [0.25, 0.3) is 0 Å². The normalized spacial score (nSPS) is 32.1. The molecule has 3 atom stereocenters. The van der Waals surface area contributed by atoms with Crippen LogP contribution in [0.1, 0.15) is 42.1 Å². The molecule has 19 heavy (non-hydrogen) atoms. The Morgan fingerprint density at radius 2 is 1.74 bits per heavy atom. The molecule has 1 aromatic rings. The molecule has 0 amide bonds. The highest BCUT2D eigenvalue weighted by molar-refractivity contribution is 6.78. The van der Waals surface area contributed by atoms with Gasteiger partial charge in [0.15, 0.2) is 0 Å². The van der Waals surface area contributed by atoms with E-state index in [1.165, 1.54) is 6.42 Å². The Bertz CT molecular complexity index is 629. The second-order valence-corrected chi connectivity index (χ2v) is 5.88. The molecule has 4 rings (SSSR count). The SMILES string of the molecule is CC1CCC2N=C3C(=NC2C1)C(=O)c1ccccc13. The van der Waals surface area contributed by atoms with Crippen LogP contribution in [-0.2, 0) is 0 Å². The lowest BCUT2D eigenvalue weighted by molar-refractivity contribution is 0.106. The van der Waals surface area contributed by atoms with E-state index in [2.05, 4.69) is 6.92 Å². The summed E-state index contributed by atoms with van der Waals surface area (Å²) in [6.07, 6.45) is 3.38. The molecule has 3 aliphatic rings. The Hall–Kier alpha value is -1.77. The van der Waals surface area contributed by atoms with E-state index in [-0.39, 0.29) is 17.9 Å². The fourth-order valence-electron chi connectivity index (χ4n) is 3.46. The lowest BCUT2D eigenvalue weighted by Gasteiger charge is -2.32. The van der Waals surface area contributed by atoms with Crippen molar-refractivity contribution in [3.8, 4) is 0 Å². The van der Waals surface area contributed by atoms with E-state index >= 15 is 0 Å². The van der Waals surface area contributed by atoms with Gasteiger partial charge in [0, 0.05) is 11.1 Å². The Morgan fingerprint density at radius 1 is 1.00 bits per heavy atom. The van der Waals surface area contributed by atoms with Crippen LogP contribution in [0.3, 0.4) is 0 Å². The maximum Gasteiger partial charge on any atom is 0.213 e. The van der Waals surface area contributed by atoms with Gasteiger partial charge >= 0.3 is 0 Å². The molecule has 1 aromatic carbocycles. The number of hydrogen-bond acceptors (Lipinski definition) is 3. The number of hydrogen-bond donors (Lipinski definition) is 0. The van der Waals surface area contributed by atoms with Gasteiger partial charge in [-0.15, -0.1) is 0 Å². The zero-order valence-electron chi connectivity index (χ0n) is 11.0. The number of ketones is 1. The lowest BCUT2D eigenvalue weighted by atomic mass is 9.83. The predicted octanol–water partition coefficient (Wildman–Crippen LogP) is 2.68. The van der Waals surface area contributed by atoms with Crippen molar-refractivity contribution in [3.05, 3.63) is 35.4 Å². The highest BCUT2D eigenvalue weighted by Crippen LogP contribution is 2.34. The first-order valence-electron chi connectivity index (χ1n) is 7.04. The van der Waals surface area contributed by atoms with Crippen LogP contribution in [0.4, 0.5) is 0 Å². The van der Waals surface area contributed by atoms with E-state index in [4.69, 9.17) is 9.98 Å². The molecule has 1 saturated carbocycles. The summed E-state index contributed by atoms with van der Waals surface area (Å²) in [6.45, 7) is 2.26. The number of Topliss-reactive ketones (excluding diaryl/α,β-unsaturated/α-hetero) is 1. The fourth-order valence-corrected chi connectivity index (χ4v) is 3.46. The molecule has 96 valence electrons. The van der Waals surface area contributed by atoms with E-state index < -0.39 is 0 Å². The third kappa shape index (κ3) is 1.54. The van der Waals surface area contributed by atoms with Crippen LogP contribution in [-0.4, -0.2) is 29.3 Å². The van der Waals surface area contributed by atoms with E-state index in [1.807, 2.05) is 24.3 Å². The first-order valence-corrected chi connectivity index (χ1v) is 7.04. The third-order valence-corrected chi connectivity index (χ3v) is 4.50. The van der Waals surface area contributed by atoms with Crippen molar-refractivity contribution in [2.75, 3.05) is 0 Å². The van der Waals surface area contributed by atoms with Crippen molar-refractivity contribution in [2.24, 2.45) is 15.9 Å². The van der Waals surface area contributed by atoms with Gasteiger partial charge in [-0.1, -0.05) is 31.2 Å². The summed E-state index contributed by atoms with van der Waals surface area (Å²) in [5.41, 5.74) is 3.20. The molecule has 1 heterocycles. The van der Waals surface area contributed by atoms with Gasteiger partial charge in [0.1, 0.15) is 5.71 Å². The maximum absolute atomic E-state index is 12.4. The van der Waals surface area contributed by atoms with E-state index in [0.717, 1.165) is 29.7 Å². The van der Waals surface area contributed by atoms with Crippen molar-refractivity contribution in [2.45, 2.75) is 38.3 Å².